The first-order valence-corrected chi connectivity index (χ1v) is 11.9. The van der Waals surface area contributed by atoms with Crippen LogP contribution in [0.3, 0.4) is 0 Å². The molecular formula is C27H36N2O2. The number of nitrogens with zero attached hydrogens (tertiary/aromatic N) is 1. The minimum absolute atomic E-state index is 0.113. The molecule has 1 N–H and O–H groups in total. The van der Waals surface area contributed by atoms with Crippen molar-refractivity contribution in [2.24, 2.45) is 0 Å². The molecule has 31 heavy (non-hydrogen) atoms. The van der Waals surface area contributed by atoms with Crippen molar-refractivity contribution in [2.45, 2.75) is 70.3 Å². The Morgan fingerprint density at radius 3 is 2.42 bits per heavy atom. The van der Waals surface area contributed by atoms with Gasteiger partial charge < -0.3 is 10.1 Å². The SMILES string of the molecule is Cc1ccc(C2(C(=O)Nc3ccc(OCCN4CCCC[C@@H]4C)cc3)CCCC2)cc1. The summed E-state index contributed by atoms with van der Waals surface area (Å²) in [7, 11) is 0. The molecule has 4 rings (SSSR count). The Bertz CT molecular complexity index is 854. The van der Waals surface area contributed by atoms with Gasteiger partial charge in [-0.25, -0.2) is 0 Å². The molecule has 2 aromatic carbocycles. The molecule has 1 atom stereocenters. The summed E-state index contributed by atoms with van der Waals surface area (Å²) >= 11 is 0. The Balaban J connectivity index is 1.34. The Hall–Kier alpha value is -2.33. The summed E-state index contributed by atoms with van der Waals surface area (Å²) in [6.07, 6.45) is 7.96. The summed E-state index contributed by atoms with van der Waals surface area (Å²) in [4.78, 5) is 15.9. The first-order chi connectivity index (χ1) is 15.1. The lowest BCUT2D eigenvalue weighted by Crippen LogP contribution is -2.39. The van der Waals surface area contributed by atoms with E-state index in [0.29, 0.717) is 12.6 Å². The lowest BCUT2D eigenvalue weighted by Gasteiger charge is -2.33. The minimum Gasteiger partial charge on any atom is -0.492 e. The molecule has 0 bridgehead atoms. The number of nitrogens with one attached hydrogen (secondary N) is 1. The van der Waals surface area contributed by atoms with Gasteiger partial charge >= 0.3 is 0 Å². The number of amides is 1. The highest BCUT2D eigenvalue weighted by Gasteiger charge is 2.42. The van der Waals surface area contributed by atoms with Crippen LogP contribution in [0.5, 0.6) is 5.75 Å². The van der Waals surface area contributed by atoms with E-state index in [4.69, 9.17) is 4.74 Å². The maximum absolute atomic E-state index is 13.3. The Kier molecular flexibility index (Phi) is 6.96. The van der Waals surface area contributed by atoms with E-state index in [9.17, 15) is 4.79 Å². The van der Waals surface area contributed by atoms with Crippen molar-refractivity contribution in [3.63, 3.8) is 0 Å². The molecule has 1 aliphatic heterocycles. The van der Waals surface area contributed by atoms with Gasteiger partial charge in [0.25, 0.3) is 0 Å². The largest absolute Gasteiger partial charge is 0.492 e. The molecule has 1 heterocycles. The van der Waals surface area contributed by atoms with Crippen molar-refractivity contribution in [2.75, 3.05) is 25.0 Å². The van der Waals surface area contributed by atoms with Crippen LogP contribution in [0.15, 0.2) is 48.5 Å². The lowest BCUT2D eigenvalue weighted by molar-refractivity contribution is -0.121. The van der Waals surface area contributed by atoms with Crippen LogP contribution < -0.4 is 10.1 Å². The summed E-state index contributed by atoms with van der Waals surface area (Å²) in [5, 5.41) is 3.18. The van der Waals surface area contributed by atoms with Crippen LogP contribution in [0.2, 0.25) is 0 Å². The molecule has 1 amide bonds. The maximum Gasteiger partial charge on any atom is 0.235 e. The monoisotopic (exact) mass is 420 g/mol. The molecule has 2 aliphatic rings. The summed E-state index contributed by atoms with van der Waals surface area (Å²) in [5.41, 5.74) is 2.79. The number of ether oxygens (including phenoxy) is 1. The van der Waals surface area contributed by atoms with Crippen molar-refractivity contribution in [1.82, 2.24) is 4.90 Å². The molecule has 2 fully saturated rings. The number of rotatable bonds is 7. The Labute approximate surface area is 187 Å². The number of hydrogen-bond donors (Lipinski definition) is 1. The van der Waals surface area contributed by atoms with Crippen LogP contribution in [-0.2, 0) is 10.2 Å². The molecule has 1 aliphatic carbocycles. The fourth-order valence-electron chi connectivity index (χ4n) is 5.15. The van der Waals surface area contributed by atoms with Crippen LogP contribution in [-0.4, -0.2) is 36.5 Å². The fraction of sp³-hybridized carbons (Fsp3) is 0.519. The number of carbonyl (C=O) groups excluding carboxylic acids is 1. The molecule has 4 heteroatoms. The van der Waals surface area contributed by atoms with E-state index < -0.39 is 5.41 Å². The number of likely N-dealkylation sites (tertiary alicyclic amines) is 1. The smallest absolute Gasteiger partial charge is 0.235 e. The number of hydrogen-bond acceptors (Lipinski definition) is 3. The zero-order chi connectivity index (χ0) is 21.7. The zero-order valence-corrected chi connectivity index (χ0v) is 19.0. The molecule has 2 aromatic rings. The summed E-state index contributed by atoms with van der Waals surface area (Å²) in [6.45, 7) is 7.25. The summed E-state index contributed by atoms with van der Waals surface area (Å²) < 4.78 is 5.96. The number of benzene rings is 2. The van der Waals surface area contributed by atoms with Crippen LogP contribution in [0.1, 0.15) is 63.0 Å². The molecule has 0 radical (unpaired) electrons. The Morgan fingerprint density at radius 1 is 1.03 bits per heavy atom. The molecule has 1 saturated carbocycles. The van der Waals surface area contributed by atoms with Gasteiger partial charge in [-0.15, -0.1) is 0 Å². The third-order valence-corrected chi connectivity index (χ3v) is 7.20. The predicted molar refractivity (Wildman–Crippen MR) is 127 cm³/mol. The molecule has 0 aromatic heterocycles. The predicted octanol–water partition coefficient (Wildman–Crippen LogP) is 5.70. The van der Waals surface area contributed by atoms with Gasteiger partial charge in [0.1, 0.15) is 12.4 Å². The van der Waals surface area contributed by atoms with Crippen LogP contribution in [0.4, 0.5) is 5.69 Å². The zero-order valence-electron chi connectivity index (χ0n) is 19.0. The van der Waals surface area contributed by atoms with Crippen molar-refractivity contribution in [1.29, 1.82) is 0 Å². The first kappa shape index (κ1) is 21.9. The maximum atomic E-state index is 13.3. The molecule has 1 saturated heterocycles. The van der Waals surface area contributed by atoms with Crippen molar-refractivity contribution in [3.05, 3.63) is 59.7 Å². The van der Waals surface area contributed by atoms with Crippen LogP contribution >= 0.6 is 0 Å². The number of piperidine rings is 1. The topological polar surface area (TPSA) is 41.6 Å². The van der Waals surface area contributed by atoms with Gasteiger partial charge in [0.05, 0.1) is 5.41 Å². The second-order valence-corrected chi connectivity index (χ2v) is 9.36. The van der Waals surface area contributed by atoms with E-state index in [1.165, 1.54) is 31.4 Å². The van der Waals surface area contributed by atoms with Crippen LogP contribution in [0, 0.1) is 6.92 Å². The molecule has 4 nitrogen and oxygen atoms in total. The second kappa shape index (κ2) is 9.86. The van der Waals surface area contributed by atoms with Gasteiger partial charge in [0.15, 0.2) is 0 Å². The van der Waals surface area contributed by atoms with Gasteiger partial charge in [-0.2, -0.15) is 0 Å². The first-order valence-electron chi connectivity index (χ1n) is 11.9. The van der Waals surface area contributed by atoms with Gasteiger partial charge in [0, 0.05) is 18.3 Å². The minimum atomic E-state index is -0.409. The molecule has 166 valence electrons. The average molecular weight is 421 g/mol. The molecule has 0 spiro atoms. The number of carbonyl (C=O) groups is 1. The highest BCUT2D eigenvalue weighted by Crippen LogP contribution is 2.42. The van der Waals surface area contributed by atoms with E-state index in [0.717, 1.165) is 49.2 Å². The lowest BCUT2D eigenvalue weighted by atomic mass is 9.77. The van der Waals surface area contributed by atoms with Gasteiger partial charge in [-0.3, -0.25) is 9.69 Å². The summed E-state index contributed by atoms with van der Waals surface area (Å²) in [5.74, 6) is 0.971. The van der Waals surface area contributed by atoms with E-state index in [1.54, 1.807) is 0 Å². The van der Waals surface area contributed by atoms with Crippen molar-refractivity contribution >= 4 is 11.6 Å². The van der Waals surface area contributed by atoms with E-state index in [2.05, 4.69) is 48.3 Å². The number of anilines is 1. The van der Waals surface area contributed by atoms with Gasteiger partial charge in [-0.05, 0) is 75.9 Å². The van der Waals surface area contributed by atoms with Crippen molar-refractivity contribution < 1.29 is 9.53 Å². The van der Waals surface area contributed by atoms with Crippen molar-refractivity contribution in [3.8, 4) is 5.75 Å². The normalized spacial score (nSPS) is 21.0. The van der Waals surface area contributed by atoms with E-state index in [-0.39, 0.29) is 5.91 Å². The van der Waals surface area contributed by atoms with Gasteiger partial charge in [0.2, 0.25) is 5.91 Å². The fourth-order valence-corrected chi connectivity index (χ4v) is 5.15. The van der Waals surface area contributed by atoms with E-state index >= 15 is 0 Å². The quantitative estimate of drug-likeness (QED) is 0.625. The second-order valence-electron chi connectivity index (χ2n) is 9.36. The Morgan fingerprint density at radius 2 is 1.74 bits per heavy atom. The molecule has 0 unspecified atom stereocenters. The average Bonchev–Trinajstić information content (AvgIpc) is 3.28. The third-order valence-electron chi connectivity index (χ3n) is 7.20. The highest BCUT2D eigenvalue weighted by molar-refractivity contribution is 5.99. The molecular weight excluding hydrogens is 384 g/mol. The van der Waals surface area contributed by atoms with E-state index in [1.807, 2.05) is 24.3 Å². The standard InChI is InChI=1S/C27H36N2O2/c1-21-8-10-23(11-9-21)27(16-4-5-17-27)26(30)28-24-12-14-25(15-13-24)31-20-19-29-18-6-3-7-22(29)2/h8-15,22H,3-7,16-20H2,1-2H3,(H,28,30)/t22-/m0/s1. The third kappa shape index (κ3) is 5.12. The highest BCUT2D eigenvalue weighted by atomic mass is 16.5. The van der Waals surface area contributed by atoms with Gasteiger partial charge in [-0.1, -0.05) is 49.1 Å². The number of aryl methyl sites for hydroxylation is 1. The summed E-state index contributed by atoms with van der Waals surface area (Å²) in [6, 6.07) is 17.0. The van der Waals surface area contributed by atoms with Crippen LogP contribution in [0.25, 0.3) is 0 Å².